The number of hydrogen-bond donors (Lipinski definition) is 1. The number of H-pyrrole nitrogens is 1. The van der Waals surface area contributed by atoms with Crippen molar-refractivity contribution in [2.24, 2.45) is 0 Å². The van der Waals surface area contributed by atoms with Gasteiger partial charge < -0.3 is 4.90 Å². The highest BCUT2D eigenvalue weighted by molar-refractivity contribution is 5.86. The third-order valence-electron chi connectivity index (χ3n) is 5.20. The lowest BCUT2D eigenvalue weighted by Gasteiger charge is -2.29. The third-order valence-corrected chi connectivity index (χ3v) is 5.20. The Balaban J connectivity index is 1.37. The molecule has 5 rings (SSSR count). The molecule has 1 N–H and O–H groups in total. The predicted octanol–water partition coefficient (Wildman–Crippen LogP) is 3.24. The number of carbonyl (C=O) groups is 1. The quantitative estimate of drug-likeness (QED) is 0.608. The molecule has 1 aliphatic rings. The van der Waals surface area contributed by atoms with E-state index in [1.165, 1.54) is 16.3 Å². The van der Waals surface area contributed by atoms with Gasteiger partial charge in [-0.05, 0) is 33.9 Å². The lowest BCUT2D eigenvalue weighted by atomic mass is 9.98. The molecule has 26 heavy (non-hydrogen) atoms. The second-order valence-corrected chi connectivity index (χ2v) is 6.82. The number of nitrogens with one attached hydrogen (secondary N) is 1. The Hall–Kier alpha value is -3.21. The van der Waals surface area contributed by atoms with Gasteiger partial charge in [-0.3, -0.25) is 9.89 Å². The number of pyridine rings is 1. The molecule has 4 aromatic rings. The minimum Gasteiger partial charge on any atom is -0.338 e. The number of nitrogens with zero attached hydrogens (tertiary/aromatic N) is 3. The summed E-state index contributed by atoms with van der Waals surface area (Å²) in [5, 5.41) is 10.4. The summed E-state index contributed by atoms with van der Waals surface area (Å²) < 4.78 is 0. The van der Waals surface area contributed by atoms with E-state index in [0.29, 0.717) is 13.0 Å². The maximum Gasteiger partial charge on any atom is 0.227 e. The molecule has 0 fully saturated rings. The number of amides is 1. The first-order valence-corrected chi connectivity index (χ1v) is 8.83. The molecule has 0 bridgehead atoms. The van der Waals surface area contributed by atoms with Crippen LogP contribution in [0.1, 0.15) is 16.7 Å². The van der Waals surface area contributed by atoms with Crippen molar-refractivity contribution in [1.82, 2.24) is 20.1 Å². The van der Waals surface area contributed by atoms with Crippen LogP contribution >= 0.6 is 0 Å². The van der Waals surface area contributed by atoms with E-state index in [1.54, 1.807) is 0 Å². The van der Waals surface area contributed by atoms with Gasteiger partial charge in [0.05, 0.1) is 12.6 Å². The van der Waals surface area contributed by atoms with Crippen LogP contribution in [0.3, 0.4) is 0 Å². The average molecular weight is 342 g/mol. The molecule has 128 valence electrons. The van der Waals surface area contributed by atoms with Crippen LogP contribution in [0.25, 0.3) is 21.8 Å². The summed E-state index contributed by atoms with van der Waals surface area (Å²) in [6, 6.07) is 14.5. The SMILES string of the molecule is O=C(Cc1ccc2ccccc2c1)N1CCc2c(cnc3[nH]ncc23)C1. The molecule has 5 heteroatoms. The lowest BCUT2D eigenvalue weighted by Crippen LogP contribution is -2.37. The lowest BCUT2D eigenvalue weighted by molar-refractivity contribution is -0.131. The van der Waals surface area contributed by atoms with Crippen LogP contribution in [0, 0.1) is 0 Å². The van der Waals surface area contributed by atoms with Crippen LogP contribution in [-0.4, -0.2) is 32.5 Å². The Bertz CT molecular complexity index is 1130. The summed E-state index contributed by atoms with van der Waals surface area (Å²) in [5.74, 6) is 0.165. The van der Waals surface area contributed by atoms with Crippen LogP contribution in [0.2, 0.25) is 0 Å². The molecule has 5 nitrogen and oxygen atoms in total. The van der Waals surface area contributed by atoms with E-state index in [-0.39, 0.29) is 5.91 Å². The van der Waals surface area contributed by atoms with Gasteiger partial charge in [-0.15, -0.1) is 0 Å². The van der Waals surface area contributed by atoms with Gasteiger partial charge in [0.25, 0.3) is 0 Å². The van der Waals surface area contributed by atoms with Crippen LogP contribution in [0.5, 0.6) is 0 Å². The molecule has 3 heterocycles. The van der Waals surface area contributed by atoms with Crippen molar-refractivity contribution in [3.63, 3.8) is 0 Å². The van der Waals surface area contributed by atoms with Gasteiger partial charge in [-0.1, -0.05) is 42.5 Å². The summed E-state index contributed by atoms with van der Waals surface area (Å²) in [5.41, 5.74) is 4.26. The number of benzene rings is 2. The first-order chi connectivity index (χ1) is 12.8. The third kappa shape index (κ3) is 2.52. The maximum absolute atomic E-state index is 12.8. The predicted molar refractivity (Wildman–Crippen MR) is 101 cm³/mol. The van der Waals surface area contributed by atoms with E-state index in [1.807, 2.05) is 29.4 Å². The highest BCUT2D eigenvalue weighted by Crippen LogP contribution is 2.25. The van der Waals surface area contributed by atoms with Crippen LogP contribution in [-0.2, 0) is 24.2 Å². The molecule has 2 aromatic carbocycles. The van der Waals surface area contributed by atoms with Crippen molar-refractivity contribution >= 4 is 27.7 Å². The van der Waals surface area contributed by atoms with E-state index < -0.39 is 0 Å². The highest BCUT2D eigenvalue weighted by atomic mass is 16.2. The molecule has 0 aliphatic carbocycles. The molecular weight excluding hydrogens is 324 g/mol. The normalized spacial score (nSPS) is 13.9. The number of hydrogen-bond acceptors (Lipinski definition) is 3. The molecule has 0 radical (unpaired) electrons. The van der Waals surface area contributed by atoms with Crippen molar-refractivity contribution in [1.29, 1.82) is 0 Å². The van der Waals surface area contributed by atoms with E-state index in [0.717, 1.165) is 35.1 Å². The van der Waals surface area contributed by atoms with Crippen LogP contribution in [0.15, 0.2) is 54.9 Å². The van der Waals surface area contributed by atoms with Gasteiger partial charge in [-0.25, -0.2) is 4.98 Å². The molecule has 1 amide bonds. The molecule has 0 saturated carbocycles. The Labute approximate surface area is 150 Å². The highest BCUT2D eigenvalue weighted by Gasteiger charge is 2.23. The molecule has 1 aliphatic heterocycles. The maximum atomic E-state index is 12.8. The largest absolute Gasteiger partial charge is 0.338 e. The van der Waals surface area contributed by atoms with Crippen molar-refractivity contribution in [3.05, 3.63) is 71.5 Å². The first kappa shape index (κ1) is 15.1. The molecular formula is C21H18N4O. The Morgan fingerprint density at radius 1 is 1.12 bits per heavy atom. The molecule has 0 spiro atoms. The topological polar surface area (TPSA) is 61.9 Å². The summed E-state index contributed by atoms with van der Waals surface area (Å²) in [6.07, 6.45) is 4.97. The number of aromatic nitrogens is 3. The summed E-state index contributed by atoms with van der Waals surface area (Å²) in [7, 11) is 0. The van der Waals surface area contributed by atoms with Gasteiger partial charge in [0.1, 0.15) is 0 Å². The first-order valence-electron chi connectivity index (χ1n) is 8.83. The van der Waals surface area contributed by atoms with Gasteiger partial charge in [-0.2, -0.15) is 5.10 Å². The van der Waals surface area contributed by atoms with Crippen LogP contribution < -0.4 is 0 Å². The van der Waals surface area contributed by atoms with Gasteiger partial charge >= 0.3 is 0 Å². The molecule has 0 atom stereocenters. The Morgan fingerprint density at radius 3 is 2.92 bits per heavy atom. The fourth-order valence-corrected chi connectivity index (χ4v) is 3.80. The Morgan fingerprint density at radius 2 is 2.00 bits per heavy atom. The molecule has 0 unspecified atom stereocenters. The molecule has 2 aromatic heterocycles. The average Bonchev–Trinajstić information content (AvgIpc) is 3.16. The smallest absolute Gasteiger partial charge is 0.227 e. The molecule has 0 saturated heterocycles. The number of rotatable bonds is 2. The zero-order chi connectivity index (χ0) is 17.5. The standard InChI is InChI=1S/C21H18N4O/c26-20(10-14-5-6-15-3-1-2-4-16(15)9-14)25-8-7-18-17(13-25)11-22-21-19(18)12-23-24-21/h1-6,9,11-12H,7-8,10,13H2,(H,22,23,24). The van der Waals surface area contributed by atoms with E-state index in [2.05, 4.69) is 45.5 Å². The zero-order valence-corrected chi connectivity index (χ0v) is 14.3. The van der Waals surface area contributed by atoms with Crippen molar-refractivity contribution < 1.29 is 4.79 Å². The van der Waals surface area contributed by atoms with Crippen molar-refractivity contribution in [3.8, 4) is 0 Å². The summed E-state index contributed by atoms with van der Waals surface area (Å²) in [6.45, 7) is 1.36. The van der Waals surface area contributed by atoms with Crippen LogP contribution in [0.4, 0.5) is 0 Å². The second-order valence-electron chi connectivity index (χ2n) is 6.82. The van der Waals surface area contributed by atoms with Gasteiger partial charge in [0, 0.05) is 24.7 Å². The van der Waals surface area contributed by atoms with E-state index >= 15 is 0 Å². The minimum absolute atomic E-state index is 0.165. The van der Waals surface area contributed by atoms with E-state index in [9.17, 15) is 4.79 Å². The monoisotopic (exact) mass is 342 g/mol. The fourth-order valence-electron chi connectivity index (χ4n) is 3.80. The van der Waals surface area contributed by atoms with Gasteiger partial charge in [0.15, 0.2) is 5.65 Å². The summed E-state index contributed by atoms with van der Waals surface area (Å²) in [4.78, 5) is 19.2. The van der Waals surface area contributed by atoms with Crippen molar-refractivity contribution in [2.45, 2.75) is 19.4 Å². The second kappa shape index (κ2) is 5.95. The number of fused-ring (bicyclic) bond motifs is 4. The number of aromatic amines is 1. The summed E-state index contributed by atoms with van der Waals surface area (Å²) >= 11 is 0. The minimum atomic E-state index is 0.165. The van der Waals surface area contributed by atoms with Crippen molar-refractivity contribution in [2.75, 3.05) is 6.54 Å². The Kier molecular flexibility index (Phi) is 3.45. The zero-order valence-electron chi connectivity index (χ0n) is 14.3. The number of carbonyl (C=O) groups excluding carboxylic acids is 1. The van der Waals surface area contributed by atoms with Gasteiger partial charge in [0.2, 0.25) is 5.91 Å². The fraction of sp³-hybridized carbons (Fsp3) is 0.190. The van der Waals surface area contributed by atoms with E-state index in [4.69, 9.17) is 0 Å².